The summed E-state index contributed by atoms with van der Waals surface area (Å²) in [5.74, 6) is -2.07. The van der Waals surface area contributed by atoms with Gasteiger partial charge in [0.2, 0.25) is 0 Å². The van der Waals surface area contributed by atoms with Crippen LogP contribution in [0.4, 0.5) is 0 Å². The van der Waals surface area contributed by atoms with Crippen LogP contribution in [-0.4, -0.2) is 34.2 Å². The Hall–Kier alpha value is -3.02. The maximum absolute atomic E-state index is 12.2. The molecule has 3 N–H and O–H groups in total. The van der Waals surface area contributed by atoms with Gasteiger partial charge < -0.3 is 20.3 Å². The van der Waals surface area contributed by atoms with Crippen molar-refractivity contribution in [3.63, 3.8) is 0 Å². The molecule has 23 heavy (non-hydrogen) atoms. The highest BCUT2D eigenvalue weighted by molar-refractivity contribution is 6.00. The summed E-state index contributed by atoms with van der Waals surface area (Å²) in [6.07, 6.45) is 0.0390. The molecule has 1 saturated heterocycles. The lowest BCUT2D eigenvalue weighted by molar-refractivity contribution is -0.175. The molecule has 0 radical (unpaired) electrons. The van der Waals surface area contributed by atoms with E-state index in [1.807, 2.05) is 30.3 Å². The fourth-order valence-electron chi connectivity index (χ4n) is 2.46. The molecule has 0 spiro atoms. The van der Waals surface area contributed by atoms with Crippen molar-refractivity contribution >= 4 is 11.9 Å². The lowest BCUT2D eigenvalue weighted by atomic mass is 9.97. The van der Waals surface area contributed by atoms with Crippen molar-refractivity contribution in [2.75, 3.05) is 0 Å². The topological polar surface area (TPSA) is 95.9 Å². The largest absolute Gasteiger partial charge is 0.504 e. The first kappa shape index (κ1) is 14.9. The van der Waals surface area contributed by atoms with E-state index in [9.17, 15) is 19.8 Å². The monoisotopic (exact) mass is 313 g/mol. The highest BCUT2D eigenvalue weighted by atomic mass is 16.6. The third-order valence-electron chi connectivity index (χ3n) is 3.72. The minimum Gasteiger partial charge on any atom is -0.504 e. The standard InChI is InChI=1S/C17H15NO5/c19-12-8-4-7-11(15(12)20)16(21)18-14-13(23-17(14)22)9-10-5-2-1-3-6-10/h1-8,13-14,19-20H,9H2,(H,18,21)/t13-,14+/m1/s1. The van der Waals surface area contributed by atoms with E-state index >= 15 is 0 Å². The summed E-state index contributed by atoms with van der Waals surface area (Å²) >= 11 is 0. The first-order valence-corrected chi connectivity index (χ1v) is 7.12. The summed E-state index contributed by atoms with van der Waals surface area (Å²) in [6.45, 7) is 0. The number of carbonyl (C=O) groups excluding carboxylic acids is 2. The van der Waals surface area contributed by atoms with Gasteiger partial charge in [-0.2, -0.15) is 0 Å². The van der Waals surface area contributed by atoms with Crippen molar-refractivity contribution in [2.45, 2.75) is 18.6 Å². The van der Waals surface area contributed by atoms with Crippen LogP contribution in [0.5, 0.6) is 11.5 Å². The van der Waals surface area contributed by atoms with Crippen molar-refractivity contribution in [3.05, 3.63) is 59.7 Å². The second-order valence-electron chi connectivity index (χ2n) is 5.29. The van der Waals surface area contributed by atoms with E-state index in [4.69, 9.17) is 4.74 Å². The highest BCUT2D eigenvalue weighted by Gasteiger charge is 2.43. The molecule has 118 valence electrons. The normalized spacial score (nSPS) is 19.6. The summed E-state index contributed by atoms with van der Waals surface area (Å²) in [7, 11) is 0. The van der Waals surface area contributed by atoms with Gasteiger partial charge in [0.15, 0.2) is 17.5 Å². The molecule has 1 aliphatic rings. The van der Waals surface area contributed by atoms with E-state index in [1.165, 1.54) is 18.2 Å². The number of cyclic esters (lactones) is 1. The molecule has 0 unspecified atom stereocenters. The first-order chi connectivity index (χ1) is 11.1. The SMILES string of the molecule is O=C(N[C@@H]1C(=O)O[C@@H]1Cc1ccccc1)c1cccc(O)c1O. The number of ether oxygens (including phenoxy) is 1. The Morgan fingerprint density at radius 3 is 2.52 bits per heavy atom. The van der Waals surface area contributed by atoms with E-state index in [0.717, 1.165) is 5.56 Å². The van der Waals surface area contributed by atoms with E-state index in [-0.39, 0.29) is 5.56 Å². The van der Waals surface area contributed by atoms with Gasteiger partial charge in [-0.1, -0.05) is 36.4 Å². The van der Waals surface area contributed by atoms with Gasteiger partial charge in [0.25, 0.3) is 5.91 Å². The molecule has 1 amide bonds. The molecule has 6 nitrogen and oxygen atoms in total. The van der Waals surface area contributed by atoms with Gasteiger partial charge in [-0.15, -0.1) is 0 Å². The second-order valence-corrected chi connectivity index (χ2v) is 5.29. The molecule has 3 rings (SSSR count). The number of esters is 1. The summed E-state index contributed by atoms with van der Waals surface area (Å²) in [5, 5.41) is 21.7. The van der Waals surface area contributed by atoms with Crippen LogP contribution in [0.2, 0.25) is 0 Å². The average Bonchev–Trinajstić information content (AvgIpc) is 2.55. The van der Waals surface area contributed by atoms with Crippen LogP contribution in [0.15, 0.2) is 48.5 Å². The smallest absolute Gasteiger partial charge is 0.332 e. The van der Waals surface area contributed by atoms with E-state index < -0.39 is 35.5 Å². The number of amides is 1. The number of benzene rings is 2. The van der Waals surface area contributed by atoms with Crippen LogP contribution in [0.3, 0.4) is 0 Å². The van der Waals surface area contributed by atoms with Gasteiger partial charge in [-0.25, -0.2) is 4.79 Å². The Kier molecular flexibility index (Phi) is 3.89. The number of para-hydroxylation sites is 1. The molecule has 1 heterocycles. The summed E-state index contributed by atoms with van der Waals surface area (Å²) in [6, 6.07) is 12.8. The van der Waals surface area contributed by atoms with E-state index in [1.54, 1.807) is 0 Å². The van der Waals surface area contributed by atoms with Crippen LogP contribution >= 0.6 is 0 Å². The van der Waals surface area contributed by atoms with Crippen molar-refractivity contribution in [1.29, 1.82) is 0 Å². The zero-order valence-corrected chi connectivity index (χ0v) is 12.1. The lowest BCUT2D eigenvalue weighted by Crippen LogP contribution is -2.60. The second kappa shape index (κ2) is 6.00. The fourth-order valence-corrected chi connectivity index (χ4v) is 2.46. The molecule has 2 atom stereocenters. The predicted octanol–water partition coefficient (Wildman–Crippen LogP) is 1.36. The summed E-state index contributed by atoms with van der Waals surface area (Å²) < 4.78 is 5.08. The van der Waals surface area contributed by atoms with Gasteiger partial charge in [0.1, 0.15) is 6.10 Å². The molecular formula is C17H15NO5. The van der Waals surface area contributed by atoms with Gasteiger partial charge in [0, 0.05) is 6.42 Å². The zero-order chi connectivity index (χ0) is 16.4. The Bertz CT molecular complexity index is 744. The van der Waals surface area contributed by atoms with Crippen molar-refractivity contribution in [3.8, 4) is 11.5 Å². The number of nitrogens with one attached hydrogen (secondary N) is 1. The van der Waals surface area contributed by atoms with Crippen LogP contribution < -0.4 is 5.32 Å². The Morgan fingerprint density at radius 2 is 1.83 bits per heavy atom. The molecule has 0 aromatic heterocycles. The average molecular weight is 313 g/mol. The van der Waals surface area contributed by atoms with Gasteiger partial charge in [-0.05, 0) is 17.7 Å². The Labute approximate surface area is 132 Å². The molecular weight excluding hydrogens is 298 g/mol. The number of rotatable bonds is 4. The molecule has 6 heteroatoms. The summed E-state index contributed by atoms with van der Waals surface area (Å²) in [5.41, 5.74) is 0.896. The van der Waals surface area contributed by atoms with Crippen LogP contribution in [-0.2, 0) is 16.0 Å². The van der Waals surface area contributed by atoms with Crippen molar-refractivity contribution in [1.82, 2.24) is 5.32 Å². The van der Waals surface area contributed by atoms with Gasteiger partial charge in [-0.3, -0.25) is 4.79 Å². The highest BCUT2D eigenvalue weighted by Crippen LogP contribution is 2.28. The minimum absolute atomic E-state index is 0.0943. The molecule has 0 bridgehead atoms. The molecule has 2 aromatic rings. The first-order valence-electron chi connectivity index (χ1n) is 7.12. The fraction of sp³-hybridized carbons (Fsp3) is 0.176. The quantitative estimate of drug-likeness (QED) is 0.585. The van der Waals surface area contributed by atoms with Gasteiger partial charge in [0.05, 0.1) is 5.56 Å². The zero-order valence-electron chi connectivity index (χ0n) is 12.1. The van der Waals surface area contributed by atoms with Crippen molar-refractivity contribution < 1.29 is 24.5 Å². The Morgan fingerprint density at radius 1 is 1.09 bits per heavy atom. The van der Waals surface area contributed by atoms with Crippen LogP contribution in [0.25, 0.3) is 0 Å². The van der Waals surface area contributed by atoms with Crippen LogP contribution in [0, 0.1) is 0 Å². The molecule has 0 saturated carbocycles. The molecule has 2 aromatic carbocycles. The van der Waals surface area contributed by atoms with Gasteiger partial charge >= 0.3 is 5.97 Å². The number of phenolic OH excluding ortho intramolecular Hbond substituents is 2. The number of aromatic hydroxyl groups is 2. The Balaban J connectivity index is 1.69. The maximum Gasteiger partial charge on any atom is 0.332 e. The molecule has 0 aliphatic carbocycles. The van der Waals surface area contributed by atoms with Crippen molar-refractivity contribution in [2.24, 2.45) is 0 Å². The number of hydrogen-bond donors (Lipinski definition) is 3. The molecule has 1 fully saturated rings. The minimum atomic E-state index is -0.774. The van der Waals surface area contributed by atoms with Crippen LogP contribution in [0.1, 0.15) is 15.9 Å². The lowest BCUT2D eigenvalue weighted by Gasteiger charge is -2.35. The van der Waals surface area contributed by atoms with E-state index in [0.29, 0.717) is 6.42 Å². The predicted molar refractivity (Wildman–Crippen MR) is 81.1 cm³/mol. The summed E-state index contributed by atoms with van der Waals surface area (Å²) in [4.78, 5) is 23.8. The van der Waals surface area contributed by atoms with E-state index in [2.05, 4.69) is 5.32 Å². The molecule has 1 aliphatic heterocycles. The number of carbonyl (C=O) groups is 2. The third-order valence-corrected chi connectivity index (χ3v) is 3.72. The number of phenols is 2. The third kappa shape index (κ3) is 2.96. The maximum atomic E-state index is 12.2. The number of hydrogen-bond acceptors (Lipinski definition) is 5.